The first kappa shape index (κ1) is 26.9. The lowest BCUT2D eigenvalue weighted by Gasteiger charge is -2.18. The lowest BCUT2D eigenvalue weighted by atomic mass is 9.87. The summed E-state index contributed by atoms with van der Waals surface area (Å²) in [6.45, 7) is 0.861. The predicted molar refractivity (Wildman–Crippen MR) is 166 cm³/mol. The first-order valence-corrected chi connectivity index (χ1v) is 14.5. The molecule has 1 aliphatic heterocycles. The number of aryl methyl sites for hydroxylation is 4. The fraction of sp³-hybridized carbons (Fsp3) is 0.257. The van der Waals surface area contributed by atoms with Crippen molar-refractivity contribution in [3.8, 4) is 22.3 Å². The van der Waals surface area contributed by atoms with Gasteiger partial charge in [0.2, 0.25) is 11.8 Å². The maximum atomic E-state index is 12.7. The summed E-state index contributed by atoms with van der Waals surface area (Å²) in [4.78, 5) is 24.6. The minimum Gasteiger partial charge on any atom is -0.325 e. The zero-order valence-electron chi connectivity index (χ0n) is 23.2. The van der Waals surface area contributed by atoms with Crippen LogP contribution < -0.4 is 21.7 Å². The van der Waals surface area contributed by atoms with Gasteiger partial charge in [0.25, 0.3) is 0 Å². The van der Waals surface area contributed by atoms with Crippen LogP contribution in [0.3, 0.4) is 0 Å². The number of hydrogen-bond acceptors (Lipinski definition) is 4. The number of hydrogen-bond donors (Lipinski definition) is 4. The number of nitrogens with one attached hydrogen (secondary N) is 3. The van der Waals surface area contributed by atoms with Crippen molar-refractivity contribution in [1.29, 1.82) is 0 Å². The van der Waals surface area contributed by atoms with Gasteiger partial charge in [-0.3, -0.25) is 9.59 Å². The predicted octanol–water partition coefficient (Wildman–Crippen LogP) is 5.49. The number of anilines is 2. The van der Waals surface area contributed by atoms with Crippen molar-refractivity contribution in [3.05, 3.63) is 107 Å². The van der Waals surface area contributed by atoms with Gasteiger partial charge in [0.15, 0.2) is 0 Å². The third kappa shape index (κ3) is 6.24. The lowest BCUT2D eigenvalue weighted by molar-refractivity contribution is -0.118. The van der Waals surface area contributed by atoms with Crippen LogP contribution in [0, 0.1) is 0 Å². The van der Waals surface area contributed by atoms with E-state index in [1.54, 1.807) is 0 Å². The second kappa shape index (κ2) is 12.1. The molecule has 2 amide bonds. The van der Waals surface area contributed by atoms with Crippen molar-refractivity contribution in [2.24, 2.45) is 5.73 Å². The first-order chi connectivity index (χ1) is 20.1. The molecule has 5 aliphatic rings. The fourth-order valence-corrected chi connectivity index (χ4v) is 5.97. The second-order valence-corrected chi connectivity index (χ2v) is 11.0. The van der Waals surface area contributed by atoms with Gasteiger partial charge in [0.05, 0.1) is 12.6 Å². The molecular weight excluding hydrogens is 508 g/mol. The minimum absolute atomic E-state index is 0.0394. The molecule has 4 bridgehead atoms. The van der Waals surface area contributed by atoms with Crippen LogP contribution in [0.25, 0.3) is 22.3 Å². The van der Waals surface area contributed by atoms with E-state index in [0.29, 0.717) is 0 Å². The molecule has 0 spiro atoms. The van der Waals surface area contributed by atoms with E-state index in [0.717, 1.165) is 67.6 Å². The Labute approximate surface area is 241 Å². The van der Waals surface area contributed by atoms with Crippen molar-refractivity contribution < 1.29 is 9.59 Å². The fourth-order valence-electron chi connectivity index (χ4n) is 5.97. The summed E-state index contributed by atoms with van der Waals surface area (Å²) in [7, 11) is 0. The Morgan fingerprint density at radius 2 is 1.32 bits per heavy atom. The molecule has 0 radical (unpaired) electrons. The quantitative estimate of drug-likeness (QED) is 0.258. The van der Waals surface area contributed by atoms with E-state index < -0.39 is 0 Å². The molecule has 208 valence electrons. The van der Waals surface area contributed by atoms with Crippen molar-refractivity contribution in [1.82, 2.24) is 5.32 Å². The summed E-state index contributed by atoms with van der Waals surface area (Å²) >= 11 is 0. The van der Waals surface area contributed by atoms with Gasteiger partial charge in [-0.2, -0.15) is 0 Å². The third-order valence-corrected chi connectivity index (χ3v) is 8.18. The second-order valence-electron chi connectivity index (χ2n) is 11.0. The van der Waals surface area contributed by atoms with E-state index >= 15 is 0 Å². The number of benzene rings is 4. The number of rotatable bonds is 6. The van der Waals surface area contributed by atoms with Crippen LogP contribution in [-0.4, -0.2) is 30.9 Å². The van der Waals surface area contributed by atoms with E-state index in [-0.39, 0.29) is 24.4 Å². The van der Waals surface area contributed by atoms with E-state index in [4.69, 9.17) is 5.73 Å². The SMILES string of the molecule is NCC(=O)Nc1cccc(-c2cc3ccc2CCc2ccc(c(-c4cccc(NC(=O)[C@@H]5CCCN5)c4)c2)CC3)c1. The highest BCUT2D eigenvalue weighted by atomic mass is 16.2. The monoisotopic (exact) mass is 544 g/mol. The van der Waals surface area contributed by atoms with Crippen molar-refractivity contribution >= 4 is 23.2 Å². The van der Waals surface area contributed by atoms with Gasteiger partial charge >= 0.3 is 0 Å². The summed E-state index contributed by atoms with van der Waals surface area (Å²) in [6, 6.07) is 29.8. The summed E-state index contributed by atoms with van der Waals surface area (Å²) in [5.74, 6) is -0.155. The lowest BCUT2D eigenvalue weighted by Crippen LogP contribution is -2.35. The van der Waals surface area contributed by atoms with Gasteiger partial charge in [0, 0.05) is 11.4 Å². The number of carbonyl (C=O) groups is 2. The topological polar surface area (TPSA) is 96.2 Å². The van der Waals surface area contributed by atoms with Crippen molar-refractivity contribution in [2.45, 2.75) is 44.6 Å². The Hall–Kier alpha value is -4.26. The summed E-state index contributed by atoms with van der Waals surface area (Å²) in [5, 5.41) is 9.28. The molecule has 4 aromatic rings. The van der Waals surface area contributed by atoms with Crippen LogP contribution in [0.1, 0.15) is 35.1 Å². The van der Waals surface area contributed by atoms with Crippen LogP contribution in [0.15, 0.2) is 84.9 Å². The molecule has 0 saturated carbocycles. The van der Waals surface area contributed by atoms with Crippen LogP contribution in [0.4, 0.5) is 11.4 Å². The molecule has 4 aromatic carbocycles. The van der Waals surface area contributed by atoms with Crippen LogP contribution in [0.5, 0.6) is 0 Å². The van der Waals surface area contributed by atoms with E-state index in [1.807, 2.05) is 30.3 Å². The molecule has 1 atom stereocenters. The Balaban J connectivity index is 1.28. The largest absolute Gasteiger partial charge is 0.325 e. The smallest absolute Gasteiger partial charge is 0.241 e. The molecule has 0 aromatic heterocycles. The van der Waals surface area contributed by atoms with Gasteiger partial charge in [-0.25, -0.2) is 0 Å². The maximum Gasteiger partial charge on any atom is 0.241 e. The van der Waals surface area contributed by atoms with Gasteiger partial charge in [0.1, 0.15) is 0 Å². The van der Waals surface area contributed by atoms with Crippen LogP contribution >= 0.6 is 0 Å². The molecule has 5 N–H and O–H groups in total. The molecule has 41 heavy (non-hydrogen) atoms. The average Bonchev–Trinajstić information content (AvgIpc) is 3.54. The highest BCUT2D eigenvalue weighted by Gasteiger charge is 2.22. The molecule has 1 saturated heterocycles. The number of nitrogens with two attached hydrogens (primary N) is 1. The highest BCUT2D eigenvalue weighted by molar-refractivity contribution is 5.95. The molecule has 1 fully saturated rings. The van der Waals surface area contributed by atoms with E-state index in [9.17, 15) is 9.59 Å². The zero-order valence-corrected chi connectivity index (χ0v) is 23.2. The van der Waals surface area contributed by atoms with Crippen LogP contribution in [-0.2, 0) is 35.3 Å². The number of amides is 2. The maximum absolute atomic E-state index is 12.7. The Morgan fingerprint density at radius 3 is 1.85 bits per heavy atom. The van der Waals surface area contributed by atoms with Crippen LogP contribution in [0.2, 0.25) is 0 Å². The van der Waals surface area contributed by atoms with Gasteiger partial charge < -0.3 is 21.7 Å². The summed E-state index contributed by atoms with van der Waals surface area (Å²) < 4.78 is 0. The van der Waals surface area contributed by atoms with E-state index in [2.05, 4.69) is 70.5 Å². The molecule has 1 heterocycles. The van der Waals surface area contributed by atoms with Gasteiger partial charge in [-0.1, -0.05) is 60.7 Å². The molecule has 6 heteroatoms. The standard InChI is InChI=1S/C35H36N4O2/c36-22-34(40)38-29-6-1-4-27(20-29)31-18-23-9-13-25(31)14-10-24-12-16-26(15-11-23)32(19-24)28-5-2-7-30(21-28)39-35(41)33-8-3-17-37-33/h1-2,4-7,9,12-13,16,18-21,33,37H,3,8,10-11,14-15,17,22,36H2,(H,38,40)(H,39,41)/t33-/m0/s1. The minimum atomic E-state index is -0.198. The Morgan fingerprint density at radius 1 is 0.732 bits per heavy atom. The molecule has 9 rings (SSSR count). The molecular formula is C35H36N4O2. The Bertz CT molecular complexity index is 1590. The molecule has 6 nitrogen and oxygen atoms in total. The highest BCUT2D eigenvalue weighted by Crippen LogP contribution is 2.33. The zero-order chi connectivity index (χ0) is 28.2. The molecule has 0 unspecified atom stereocenters. The third-order valence-electron chi connectivity index (χ3n) is 8.18. The summed E-state index contributed by atoms with van der Waals surface area (Å²) in [6.07, 6.45) is 5.55. The van der Waals surface area contributed by atoms with E-state index in [1.165, 1.54) is 33.4 Å². The summed E-state index contributed by atoms with van der Waals surface area (Å²) in [5.41, 5.74) is 16.9. The Kier molecular flexibility index (Phi) is 7.94. The number of carbonyl (C=O) groups excluding carboxylic acids is 2. The van der Waals surface area contributed by atoms with Crippen molar-refractivity contribution in [2.75, 3.05) is 23.7 Å². The molecule has 4 aliphatic carbocycles. The van der Waals surface area contributed by atoms with Gasteiger partial charge in [-0.15, -0.1) is 0 Å². The van der Waals surface area contributed by atoms with Gasteiger partial charge in [-0.05, 0) is 114 Å². The van der Waals surface area contributed by atoms with Crippen molar-refractivity contribution in [3.63, 3.8) is 0 Å². The normalized spacial score (nSPS) is 16.2. The first-order valence-electron chi connectivity index (χ1n) is 14.5. The average molecular weight is 545 g/mol.